The van der Waals surface area contributed by atoms with Crippen molar-refractivity contribution in [2.45, 2.75) is 124 Å². The molecule has 1 N–H and O–H groups in total. The van der Waals surface area contributed by atoms with Gasteiger partial charge in [0.2, 0.25) is 5.91 Å². The maximum atomic E-state index is 13.8. The molecule has 0 aromatic rings. The first-order chi connectivity index (χ1) is 20.6. The van der Waals surface area contributed by atoms with Crippen molar-refractivity contribution < 1.29 is 33.8 Å². The Balaban J connectivity index is 0.00000862. The van der Waals surface area contributed by atoms with Crippen LogP contribution in [-0.4, -0.2) is 71.8 Å². The van der Waals surface area contributed by atoms with E-state index in [2.05, 4.69) is 16.7 Å². The Morgan fingerprint density at radius 3 is 2.33 bits per heavy atom. The maximum absolute atomic E-state index is 13.8. The van der Waals surface area contributed by atoms with Crippen LogP contribution in [0.2, 0.25) is 0 Å². The number of rotatable bonds is 20. The minimum absolute atomic E-state index is 0.000899. The molecule has 1 aliphatic rings. The van der Waals surface area contributed by atoms with Crippen molar-refractivity contribution in [1.29, 1.82) is 0 Å². The van der Waals surface area contributed by atoms with Gasteiger partial charge in [-0.15, -0.1) is 10.1 Å². The molecule has 11 nitrogen and oxygen atoms in total. The molecule has 0 saturated carbocycles. The minimum atomic E-state index is -0.828. The second-order valence-corrected chi connectivity index (χ2v) is 10.2. The molecule has 1 fully saturated rings. The van der Waals surface area contributed by atoms with Crippen LogP contribution >= 0.6 is 0 Å². The van der Waals surface area contributed by atoms with Crippen molar-refractivity contribution >= 4 is 17.8 Å². The van der Waals surface area contributed by atoms with Gasteiger partial charge >= 0.3 is 11.9 Å². The molecular formula is C32H55N3O8. The van der Waals surface area contributed by atoms with E-state index in [-0.39, 0.29) is 37.7 Å². The molecule has 0 aromatic heterocycles. The Labute approximate surface area is 258 Å². The van der Waals surface area contributed by atoms with Gasteiger partial charge in [0, 0.05) is 6.04 Å². The van der Waals surface area contributed by atoms with Gasteiger partial charge in [-0.3, -0.25) is 14.9 Å². The first-order valence-corrected chi connectivity index (χ1v) is 15.8. The zero-order chi connectivity index (χ0) is 32.8. The van der Waals surface area contributed by atoms with Crippen LogP contribution in [0.3, 0.4) is 0 Å². The molecule has 0 aliphatic carbocycles. The molecule has 43 heavy (non-hydrogen) atoms. The number of ether oxygens (including phenoxy) is 2. The summed E-state index contributed by atoms with van der Waals surface area (Å²) in [6.07, 6.45) is 12.2. The number of carbonyl (C=O) groups is 3. The molecule has 0 aromatic carbocycles. The van der Waals surface area contributed by atoms with Gasteiger partial charge in [0.1, 0.15) is 12.1 Å². The number of hydrogen-bond donors (Lipinski definition) is 1. The summed E-state index contributed by atoms with van der Waals surface area (Å²) in [5.74, 6) is -0.988. The maximum Gasteiger partial charge on any atom is 0.328 e. The molecule has 11 heteroatoms. The number of esters is 2. The van der Waals surface area contributed by atoms with Crippen molar-refractivity contribution in [3.63, 3.8) is 0 Å². The van der Waals surface area contributed by atoms with Gasteiger partial charge in [0.05, 0.1) is 25.9 Å². The normalized spacial score (nSPS) is 19.4. The number of hydrogen-bond acceptors (Lipinski definition) is 9. The second kappa shape index (κ2) is 23.3. The Morgan fingerprint density at radius 2 is 1.74 bits per heavy atom. The summed E-state index contributed by atoms with van der Waals surface area (Å²) in [6.45, 7) is 17.8. The van der Waals surface area contributed by atoms with Gasteiger partial charge < -0.3 is 19.2 Å². The summed E-state index contributed by atoms with van der Waals surface area (Å²) >= 11 is 0. The first kappa shape index (κ1) is 39.8. The lowest BCUT2D eigenvalue weighted by atomic mass is 9.94. The second-order valence-electron chi connectivity index (χ2n) is 10.2. The highest BCUT2D eigenvalue weighted by atomic mass is 16.9. The van der Waals surface area contributed by atoms with Crippen LogP contribution in [0.1, 0.15) is 99.8 Å². The van der Waals surface area contributed by atoms with Crippen molar-refractivity contribution in [2.24, 2.45) is 5.92 Å². The number of nitrogens with zero attached hydrogens (tertiary/aromatic N) is 2. The summed E-state index contributed by atoms with van der Waals surface area (Å²) in [6, 6.07) is -2.28. The van der Waals surface area contributed by atoms with E-state index < -0.39 is 35.2 Å². The SMILES string of the molecule is C=C(/C=C\C=C/C)CCC(NC(C)C(=O)N1C(C(=O)OCCCCCO[N+](=O)[O-])CC(CC)C1CC)C(=O)OCC.CC. The predicted octanol–water partition coefficient (Wildman–Crippen LogP) is 5.72. The third kappa shape index (κ3) is 14.7. The molecular weight excluding hydrogens is 554 g/mol. The standard InChI is InChI=1S/C30H49N3O8.C2H6/c1-7-11-13-16-22(5)17-18-25(29(35)39-10-4)31-23(6)28(34)32-26(9-3)24(8-2)21-27(32)30(36)40-19-14-12-15-20-41-33(37)38;1-2/h7,11,13,16,23-27,31H,5,8-10,12,14-15,17-21H2,1-4,6H3;1-2H3/b11-7-,16-13-;. The van der Waals surface area contributed by atoms with E-state index in [1.54, 1.807) is 18.7 Å². The topological polar surface area (TPSA) is 137 Å². The Morgan fingerprint density at radius 1 is 1.07 bits per heavy atom. The number of nitrogens with one attached hydrogen (secondary N) is 1. The monoisotopic (exact) mass is 609 g/mol. The van der Waals surface area contributed by atoms with Crippen molar-refractivity contribution in [3.8, 4) is 0 Å². The predicted molar refractivity (Wildman–Crippen MR) is 168 cm³/mol. The lowest BCUT2D eigenvalue weighted by molar-refractivity contribution is -0.757. The van der Waals surface area contributed by atoms with Crippen LogP contribution in [0, 0.1) is 16.0 Å². The summed E-state index contributed by atoms with van der Waals surface area (Å²) in [7, 11) is 0. The van der Waals surface area contributed by atoms with Crippen LogP contribution in [0.5, 0.6) is 0 Å². The summed E-state index contributed by atoms with van der Waals surface area (Å²) < 4.78 is 10.8. The van der Waals surface area contributed by atoms with Gasteiger partial charge in [-0.2, -0.15) is 0 Å². The average molecular weight is 610 g/mol. The molecule has 5 atom stereocenters. The highest BCUT2D eigenvalue weighted by molar-refractivity contribution is 5.89. The molecule has 0 radical (unpaired) electrons. The van der Waals surface area contributed by atoms with E-state index in [9.17, 15) is 24.5 Å². The molecule has 5 unspecified atom stereocenters. The number of amides is 1. The number of likely N-dealkylation sites (tertiary alicyclic amines) is 1. The minimum Gasteiger partial charge on any atom is -0.465 e. The molecule has 246 valence electrons. The fourth-order valence-electron chi connectivity index (χ4n) is 5.12. The summed E-state index contributed by atoms with van der Waals surface area (Å²) in [5, 5.41) is 12.6. The highest BCUT2D eigenvalue weighted by Gasteiger charge is 2.47. The third-order valence-corrected chi connectivity index (χ3v) is 7.24. The van der Waals surface area contributed by atoms with Crippen LogP contribution in [0.4, 0.5) is 0 Å². The summed E-state index contributed by atoms with van der Waals surface area (Å²) in [5.41, 5.74) is 0.850. The molecule has 0 spiro atoms. The van der Waals surface area contributed by atoms with Crippen LogP contribution in [-0.2, 0) is 28.7 Å². The largest absolute Gasteiger partial charge is 0.465 e. The van der Waals surface area contributed by atoms with E-state index >= 15 is 0 Å². The fraction of sp³-hybridized carbons (Fsp3) is 0.719. The molecule has 1 aliphatic heterocycles. The van der Waals surface area contributed by atoms with Gasteiger partial charge in [-0.1, -0.05) is 70.6 Å². The number of allylic oxidation sites excluding steroid dienone is 5. The molecule has 1 rings (SSSR count). The van der Waals surface area contributed by atoms with Crippen LogP contribution in [0.15, 0.2) is 36.5 Å². The van der Waals surface area contributed by atoms with Crippen molar-refractivity contribution in [1.82, 2.24) is 10.2 Å². The van der Waals surface area contributed by atoms with Crippen molar-refractivity contribution in [3.05, 3.63) is 46.6 Å². The average Bonchev–Trinajstić information content (AvgIpc) is 3.38. The van der Waals surface area contributed by atoms with Gasteiger partial charge in [-0.05, 0) is 71.6 Å². The first-order valence-electron chi connectivity index (χ1n) is 15.8. The molecule has 1 amide bonds. The smallest absolute Gasteiger partial charge is 0.328 e. The fourth-order valence-corrected chi connectivity index (χ4v) is 5.12. The van der Waals surface area contributed by atoms with Crippen LogP contribution < -0.4 is 5.32 Å². The third-order valence-electron chi connectivity index (χ3n) is 7.24. The Bertz CT molecular complexity index is 920. The van der Waals surface area contributed by atoms with Gasteiger partial charge in [0.25, 0.3) is 5.09 Å². The van der Waals surface area contributed by atoms with Gasteiger partial charge in [0.15, 0.2) is 0 Å². The zero-order valence-corrected chi connectivity index (χ0v) is 27.3. The van der Waals surface area contributed by atoms with E-state index in [0.29, 0.717) is 44.9 Å². The molecule has 1 heterocycles. The number of carbonyl (C=O) groups excluding carboxylic acids is 3. The molecule has 0 bridgehead atoms. The Kier molecular flexibility index (Phi) is 21.5. The lowest BCUT2D eigenvalue weighted by Gasteiger charge is -2.33. The van der Waals surface area contributed by atoms with E-state index in [1.807, 2.05) is 58.9 Å². The van der Waals surface area contributed by atoms with Crippen LogP contribution in [0.25, 0.3) is 0 Å². The lowest BCUT2D eigenvalue weighted by Crippen LogP contribution is -2.55. The highest BCUT2D eigenvalue weighted by Crippen LogP contribution is 2.35. The van der Waals surface area contributed by atoms with E-state index in [0.717, 1.165) is 12.0 Å². The summed E-state index contributed by atoms with van der Waals surface area (Å²) in [4.78, 5) is 55.9. The number of unbranched alkanes of at least 4 members (excludes halogenated alkanes) is 2. The van der Waals surface area contributed by atoms with Gasteiger partial charge in [-0.25, -0.2) is 4.79 Å². The van der Waals surface area contributed by atoms with E-state index in [1.165, 1.54) is 0 Å². The quantitative estimate of drug-likeness (QED) is 0.0604. The zero-order valence-electron chi connectivity index (χ0n) is 27.3. The van der Waals surface area contributed by atoms with E-state index in [4.69, 9.17) is 9.47 Å². The van der Waals surface area contributed by atoms with Crippen molar-refractivity contribution in [2.75, 3.05) is 19.8 Å². The Hall–Kier alpha value is -3.21. The molecule has 1 saturated heterocycles.